The zero-order valence-corrected chi connectivity index (χ0v) is 8.43. The molecule has 1 aliphatic rings. The van der Waals surface area contributed by atoms with Gasteiger partial charge in [0, 0.05) is 19.6 Å². The maximum atomic E-state index is 12.1. The summed E-state index contributed by atoms with van der Waals surface area (Å²) < 4.78 is 24.2. The minimum absolute atomic E-state index is 0. The fourth-order valence-electron chi connectivity index (χ4n) is 1.11. The zero-order chi connectivity index (χ0) is 7.56. The molecule has 0 aromatic carbocycles. The first-order valence-electron chi connectivity index (χ1n) is 3.41. The lowest BCUT2D eigenvalue weighted by Gasteiger charge is -2.32. The van der Waals surface area contributed by atoms with Gasteiger partial charge in [-0.15, -0.1) is 24.8 Å². The van der Waals surface area contributed by atoms with Crippen LogP contribution in [0.4, 0.5) is 8.78 Å². The summed E-state index contributed by atoms with van der Waals surface area (Å²) in [5.41, 5.74) is 0. The summed E-state index contributed by atoms with van der Waals surface area (Å²) in [6.45, 7) is 1.95. The molecule has 0 aromatic heterocycles. The molecule has 0 spiro atoms. The molecule has 6 heteroatoms. The van der Waals surface area contributed by atoms with Gasteiger partial charge in [0.1, 0.15) is 0 Å². The van der Waals surface area contributed by atoms with Gasteiger partial charge in [-0.1, -0.05) is 0 Å². The molecule has 76 valence electrons. The number of alkyl halides is 2. The summed E-state index contributed by atoms with van der Waals surface area (Å²) in [6, 6.07) is -0.589. The summed E-state index contributed by atoms with van der Waals surface area (Å²) in [5, 5.41) is 2.92. The van der Waals surface area contributed by atoms with E-state index in [1.807, 2.05) is 0 Å². The number of nitrogens with one attached hydrogen (secondary N) is 1. The second kappa shape index (κ2) is 6.83. The molecule has 1 aliphatic heterocycles. The van der Waals surface area contributed by atoms with Crippen LogP contribution in [-0.4, -0.2) is 44.0 Å². The zero-order valence-electron chi connectivity index (χ0n) is 6.80. The first-order chi connectivity index (χ1) is 4.72. The number of piperazine rings is 1. The third kappa shape index (κ3) is 3.85. The highest BCUT2D eigenvalue weighted by Gasteiger charge is 2.26. The Balaban J connectivity index is 0. The second-order valence-electron chi connectivity index (χ2n) is 2.59. The lowest BCUT2D eigenvalue weighted by Crippen LogP contribution is -2.52. The topological polar surface area (TPSA) is 15.3 Å². The van der Waals surface area contributed by atoms with Crippen LogP contribution in [0.2, 0.25) is 0 Å². The molecule has 0 saturated carbocycles. The first-order valence-corrected chi connectivity index (χ1v) is 3.41. The van der Waals surface area contributed by atoms with Crippen molar-refractivity contribution in [3.05, 3.63) is 0 Å². The third-order valence-corrected chi connectivity index (χ3v) is 1.85. The van der Waals surface area contributed by atoms with Crippen molar-refractivity contribution >= 4 is 24.8 Å². The van der Waals surface area contributed by atoms with E-state index in [2.05, 4.69) is 5.32 Å². The third-order valence-electron chi connectivity index (χ3n) is 1.85. The first kappa shape index (κ1) is 14.9. The van der Waals surface area contributed by atoms with E-state index < -0.39 is 12.5 Å². The predicted octanol–water partition coefficient (Wildman–Crippen LogP) is 0.999. The lowest BCUT2D eigenvalue weighted by molar-refractivity contribution is 0.0260. The number of likely N-dealkylation sites (N-methyl/N-ethyl adjacent to an activating group) is 1. The van der Waals surface area contributed by atoms with E-state index in [1.54, 1.807) is 11.9 Å². The average molecular weight is 223 g/mol. The number of rotatable bonds is 1. The Hall–Kier alpha value is 0.360. The van der Waals surface area contributed by atoms with Crippen LogP contribution in [-0.2, 0) is 0 Å². The molecule has 1 fully saturated rings. The Morgan fingerprint density at radius 2 is 2.00 bits per heavy atom. The van der Waals surface area contributed by atoms with Crippen molar-refractivity contribution in [2.75, 3.05) is 26.7 Å². The van der Waals surface area contributed by atoms with Crippen LogP contribution in [0.15, 0.2) is 0 Å². The smallest absolute Gasteiger partial charge is 0.255 e. The minimum atomic E-state index is -2.22. The maximum Gasteiger partial charge on any atom is 0.255 e. The molecule has 1 rings (SSSR count). The summed E-state index contributed by atoms with van der Waals surface area (Å²) in [6.07, 6.45) is -2.22. The Morgan fingerprint density at radius 1 is 1.42 bits per heavy atom. The van der Waals surface area contributed by atoms with Crippen molar-refractivity contribution in [2.24, 2.45) is 0 Å². The van der Waals surface area contributed by atoms with E-state index in [1.165, 1.54) is 0 Å². The Labute approximate surface area is 83.5 Å². The molecule has 0 bridgehead atoms. The lowest BCUT2D eigenvalue weighted by atomic mass is 10.2. The van der Waals surface area contributed by atoms with Crippen molar-refractivity contribution in [3.63, 3.8) is 0 Å². The van der Waals surface area contributed by atoms with Gasteiger partial charge in [0.2, 0.25) is 0 Å². The molecule has 1 atom stereocenters. The van der Waals surface area contributed by atoms with E-state index in [0.717, 1.165) is 13.1 Å². The number of hydrogen-bond acceptors (Lipinski definition) is 2. The fraction of sp³-hybridized carbons (Fsp3) is 1.00. The van der Waals surface area contributed by atoms with Crippen LogP contribution in [0.3, 0.4) is 0 Å². The van der Waals surface area contributed by atoms with Gasteiger partial charge in [-0.25, -0.2) is 8.78 Å². The van der Waals surface area contributed by atoms with Gasteiger partial charge in [0.05, 0.1) is 6.04 Å². The molecule has 1 saturated heterocycles. The molecule has 1 heterocycles. The van der Waals surface area contributed by atoms with Gasteiger partial charge in [-0.3, -0.25) is 4.90 Å². The van der Waals surface area contributed by atoms with Crippen LogP contribution in [0.1, 0.15) is 0 Å². The van der Waals surface area contributed by atoms with Crippen molar-refractivity contribution < 1.29 is 8.78 Å². The standard InChI is InChI=1S/C6H12F2N2.2ClH/c1-10-3-2-9-4-5(10)6(7)8;;/h5-6,9H,2-4H2,1H3;2*1H/t5-;;/m1../s1. The van der Waals surface area contributed by atoms with Gasteiger partial charge in [-0.2, -0.15) is 0 Å². The van der Waals surface area contributed by atoms with Gasteiger partial charge >= 0.3 is 0 Å². The number of nitrogens with zero attached hydrogens (tertiary/aromatic N) is 1. The molecule has 0 aliphatic carbocycles. The van der Waals surface area contributed by atoms with E-state index >= 15 is 0 Å². The van der Waals surface area contributed by atoms with Crippen LogP contribution < -0.4 is 5.32 Å². The van der Waals surface area contributed by atoms with Crippen molar-refractivity contribution in [2.45, 2.75) is 12.5 Å². The molecule has 0 unspecified atom stereocenters. The van der Waals surface area contributed by atoms with Crippen molar-refractivity contribution in [1.29, 1.82) is 0 Å². The fourth-order valence-corrected chi connectivity index (χ4v) is 1.11. The molecular formula is C6H14Cl2F2N2. The normalized spacial score (nSPS) is 24.5. The van der Waals surface area contributed by atoms with Gasteiger partial charge in [0.25, 0.3) is 6.43 Å². The highest BCUT2D eigenvalue weighted by molar-refractivity contribution is 5.85. The van der Waals surface area contributed by atoms with E-state index in [4.69, 9.17) is 0 Å². The average Bonchev–Trinajstić information content (AvgIpc) is 1.88. The molecule has 0 amide bonds. The van der Waals surface area contributed by atoms with Gasteiger partial charge in [-0.05, 0) is 7.05 Å². The maximum absolute atomic E-state index is 12.1. The summed E-state index contributed by atoms with van der Waals surface area (Å²) >= 11 is 0. The monoisotopic (exact) mass is 222 g/mol. The summed E-state index contributed by atoms with van der Waals surface area (Å²) in [4.78, 5) is 1.70. The molecular weight excluding hydrogens is 209 g/mol. The Bertz CT molecular complexity index is 116. The van der Waals surface area contributed by atoms with Crippen molar-refractivity contribution in [3.8, 4) is 0 Å². The number of hydrogen-bond donors (Lipinski definition) is 1. The van der Waals surface area contributed by atoms with Gasteiger partial charge in [0.15, 0.2) is 0 Å². The quantitative estimate of drug-likeness (QED) is 0.713. The Morgan fingerprint density at radius 3 is 2.33 bits per heavy atom. The van der Waals surface area contributed by atoms with Crippen LogP contribution in [0.5, 0.6) is 0 Å². The highest BCUT2D eigenvalue weighted by atomic mass is 35.5. The SMILES string of the molecule is CN1CCNC[C@@H]1C(F)F.Cl.Cl. The number of halogens is 4. The van der Waals surface area contributed by atoms with Crippen LogP contribution in [0, 0.1) is 0 Å². The van der Waals surface area contributed by atoms with E-state index in [0.29, 0.717) is 6.54 Å². The van der Waals surface area contributed by atoms with Gasteiger partial charge < -0.3 is 5.32 Å². The van der Waals surface area contributed by atoms with E-state index in [9.17, 15) is 8.78 Å². The minimum Gasteiger partial charge on any atom is -0.314 e. The molecule has 12 heavy (non-hydrogen) atoms. The summed E-state index contributed by atoms with van der Waals surface area (Å²) in [5.74, 6) is 0. The van der Waals surface area contributed by atoms with E-state index in [-0.39, 0.29) is 24.8 Å². The predicted molar refractivity (Wildman–Crippen MR) is 49.8 cm³/mol. The molecule has 2 nitrogen and oxygen atoms in total. The largest absolute Gasteiger partial charge is 0.314 e. The molecule has 0 radical (unpaired) electrons. The molecule has 0 aromatic rings. The van der Waals surface area contributed by atoms with Crippen molar-refractivity contribution in [1.82, 2.24) is 10.2 Å². The molecule has 1 N–H and O–H groups in total. The highest BCUT2D eigenvalue weighted by Crippen LogP contribution is 2.08. The summed E-state index contributed by atoms with van der Waals surface area (Å²) in [7, 11) is 1.73. The Kier molecular flexibility index (Phi) is 8.46. The van der Waals surface area contributed by atoms with Crippen LogP contribution >= 0.6 is 24.8 Å². The van der Waals surface area contributed by atoms with Crippen LogP contribution in [0.25, 0.3) is 0 Å². The second-order valence-corrected chi connectivity index (χ2v) is 2.59.